The fraction of sp³-hybridized carbons (Fsp3) is 0.900. The van der Waals surface area contributed by atoms with E-state index in [1.54, 1.807) is 4.80 Å². The first-order chi connectivity index (χ1) is 6.56. The van der Waals surface area contributed by atoms with Gasteiger partial charge in [-0.05, 0) is 35.8 Å². The molecule has 4 rings (SSSR count). The quantitative estimate of drug-likeness (QED) is 0.709. The van der Waals surface area contributed by atoms with E-state index in [0.717, 1.165) is 11.7 Å². The molecule has 0 aromatic carbocycles. The molecule has 3 saturated carbocycles. The largest absolute Gasteiger partial charge is 0.180 e. The third-order valence-corrected chi connectivity index (χ3v) is 4.28. The Morgan fingerprint density at radius 1 is 1.29 bits per heavy atom. The molecular formula is C10H16N4. The molecule has 1 heterocycles. The van der Waals surface area contributed by atoms with E-state index in [9.17, 15) is 0 Å². The van der Waals surface area contributed by atoms with Crippen LogP contribution in [0.5, 0.6) is 0 Å². The van der Waals surface area contributed by atoms with Crippen LogP contribution < -0.4 is 0 Å². The molecule has 0 atom stereocenters. The van der Waals surface area contributed by atoms with Crippen LogP contribution in [-0.2, 0) is 12.5 Å². The first-order valence-electron chi connectivity index (χ1n) is 5.31. The van der Waals surface area contributed by atoms with Gasteiger partial charge in [-0.25, -0.2) is 0 Å². The van der Waals surface area contributed by atoms with Gasteiger partial charge in [0.25, 0.3) is 0 Å². The Kier molecular flexibility index (Phi) is 1.30. The zero-order chi connectivity index (χ0) is 9.97. The topological polar surface area (TPSA) is 43.6 Å². The Morgan fingerprint density at radius 3 is 2.36 bits per heavy atom. The van der Waals surface area contributed by atoms with Gasteiger partial charge in [-0.3, -0.25) is 0 Å². The van der Waals surface area contributed by atoms with E-state index < -0.39 is 0 Å². The summed E-state index contributed by atoms with van der Waals surface area (Å²) in [4.78, 5) is 1.57. The number of hydrogen-bond acceptors (Lipinski definition) is 3. The molecule has 0 spiro atoms. The summed E-state index contributed by atoms with van der Waals surface area (Å²) in [6, 6.07) is 0. The summed E-state index contributed by atoms with van der Waals surface area (Å²) in [5.41, 5.74) is 0.942. The highest BCUT2D eigenvalue weighted by molar-refractivity contribution is 5.30. The van der Waals surface area contributed by atoms with Crippen molar-refractivity contribution in [1.29, 1.82) is 0 Å². The minimum absolute atomic E-state index is 0.318. The lowest BCUT2D eigenvalue weighted by molar-refractivity contribution is -0.176. The molecule has 76 valence electrons. The maximum absolute atomic E-state index is 4.33. The van der Waals surface area contributed by atoms with Gasteiger partial charge in [0.2, 0.25) is 0 Å². The number of rotatable bonds is 2. The molecule has 0 unspecified atom stereocenters. The van der Waals surface area contributed by atoms with Crippen LogP contribution >= 0.6 is 0 Å². The Hall–Kier alpha value is -0.930. The van der Waals surface area contributed by atoms with Gasteiger partial charge in [0, 0.05) is 5.41 Å². The molecule has 3 aliphatic rings. The van der Waals surface area contributed by atoms with Crippen LogP contribution in [0.15, 0.2) is 0 Å². The van der Waals surface area contributed by atoms with Crippen LogP contribution in [0, 0.1) is 11.3 Å². The number of hydrogen-bond donors (Lipinski definition) is 0. The zero-order valence-corrected chi connectivity index (χ0v) is 8.99. The third-order valence-electron chi connectivity index (χ3n) is 4.28. The van der Waals surface area contributed by atoms with Gasteiger partial charge in [0.1, 0.15) is 0 Å². The average Bonchev–Trinajstić information content (AvgIpc) is 2.28. The number of aromatic nitrogens is 4. The summed E-state index contributed by atoms with van der Waals surface area (Å²) >= 11 is 0. The highest BCUT2D eigenvalue weighted by atomic mass is 15.6. The number of tetrazole rings is 1. The maximum Gasteiger partial charge on any atom is 0.180 e. The van der Waals surface area contributed by atoms with E-state index in [-0.39, 0.29) is 0 Å². The minimum Gasteiger partial charge on any atom is -0.167 e. The van der Waals surface area contributed by atoms with Gasteiger partial charge < -0.3 is 0 Å². The summed E-state index contributed by atoms with van der Waals surface area (Å²) in [7, 11) is 1.83. The minimum atomic E-state index is 0.318. The van der Waals surface area contributed by atoms with E-state index >= 15 is 0 Å². The second-order valence-electron chi connectivity index (χ2n) is 5.43. The van der Waals surface area contributed by atoms with Crippen molar-refractivity contribution in [1.82, 2.24) is 20.2 Å². The summed E-state index contributed by atoms with van der Waals surface area (Å²) in [5.74, 6) is 1.78. The van der Waals surface area contributed by atoms with Crippen molar-refractivity contribution >= 4 is 0 Å². The Morgan fingerprint density at radius 2 is 1.93 bits per heavy atom. The summed E-state index contributed by atoms with van der Waals surface area (Å²) in [6.07, 6.45) is 3.84. The van der Waals surface area contributed by atoms with Crippen molar-refractivity contribution in [3.63, 3.8) is 0 Å². The van der Waals surface area contributed by atoms with Gasteiger partial charge in [0.15, 0.2) is 5.82 Å². The summed E-state index contributed by atoms with van der Waals surface area (Å²) < 4.78 is 0. The molecule has 0 aliphatic heterocycles. The van der Waals surface area contributed by atoms with Gasteiger partial charge in [0.05, 0.1) is 7.05 Å². The smallest absolute Gasteiger partial charge is 0.167 e. The standard InChI is InChI=1S/C10H16N4/c1-7(2)9-4-10(5-9,6-9)8-11-13-14(3)12-8/h7H,4-6H2,1-3H3. The van der Waals surface area contributed by atoms with Crippen LogP contribution in [-0.4, -0.2) is 20.2 Å². The summed E-state index contributed by atoms with van der Waals surface area (Å²) in [6.45, 7) is 4.65. The molecule has 2 bridgehead atoms. The van der Waals surface area contributed by atoms with Crippen LogP contribution in [0.2, 0.25) is 0 Å². The van der Waals surface area contributed by atoms with E-state index in [2.05, 4.69) is 29.3 Å². The van der Waals surface area contributed by atoms with Crippen molar-refractivity contribution in [3.8, 4) is 0 Å². The average molecular weight is 192 g/mol. The lowest BCUT2D eigenvalue weighted by Gasteiger charge is -2.71. The van der Waals surface area contributed by atoms with Crippen LogP contribution in [0.1, 0.15) is 38.9 Å². The highest BCUT2D eigenvalue weighted by Crippen LogP contribution is 2.75. The maximum atomic E-state index is 4.33. The van der Waals surface area contributed by atoms with Gasteiger partial charge >= 0.3 is 0 Å². The van der Waals surface area contributed by atoms with Crippen molar-refractivity contribution in [2.24, 2.45) is 18.4 Å². The van der Waals surface area contributed by atoms with E-state index in [1.807, 2.05) is 7.05 Å². The molecule has 4 heteroatoms. The van der Waals surface area contributed by atoms with Gasteiger partial charge in [-0.15, -0.1) is 10.2 Å². The first-order valence-corrected chi connectivity index (χ1v) is 5.31. The summed E-state index contributed by atoms with van der Waals surface area (Å²) in [5, 5.41) is 12.4. The first kappa shape index (κ1) is 8.38. The molecule has 0 N–H and O–H groups in total. The predicted molar refractivity (Wildman–Crippen MR) is 51.6 cm³/mol. The van der Waals surface area contributed by atoms with Crippen molar-refractivity contribution < 1.29 is 0 Å². The fourth-order valence-electron chi connectivity index (χ4n) is 3.21. The number of aryl methyl sites for hydroxylation is 1. The molecule has 1 aromatic rings. The van der Waals surface area contributed by atoms with E-state index in [1.165, 1.54) is 19.3 Å². The van der Waals surface area contributed by atoms with Crippen molar-refractivity contribution in [2.45, 2.75) is 38.5 Å². The SMILES string of the molecule is CC(C)C12CC(c3nnn(C)n3)(C1)C2. The highest BCUT2D eigenvalue weighted by Gasteiger charge is 2.71. The lowest BCUT2D eigenvalue weighted by Crippen LogP contribution is -2.67. The Balaban J connectivity index is 1.81. The van der Waals surface area contributed by atoms with Gasteiger partial charge in [-0.1, -0.05) is 13.8 Å². The molecule has 0 radical (unpaired) electrons. The molecule has 14 heavy (non-hydrogen) atoms. The molecule has 3 aliphatic carbocycles. The fourth-order valence-corrected chi connectivity index (χ4v) is 3.21. The molecule has 4 nitrogen and oxygen atoms in total. The molecule has 3 fully saturated rings. The zero-order valence-electron chi connectivity index (χ0n) is 8.99. The number of nitrogens with zero attached hydrogens (tertiary/aromatic N) is 4. The molecule has 0 amide bonds. The van der Waals surface area contributed by atoms with Gasteiger partial charge in [-0.2, -0.15) is 4.80 Å². The molecule has 0 saturated heterocycles. The third kappa shape index (κ3) is 0.775. The predicted octanol–water partition coefficient (Wildman–Crippen LogP) is 1.29. The second kappa shape index (κ2) is 2.18. The lowest BCUT2D eigenvalue weighted by atomic mass is 9.32. The monoisotopic (exact) mass is 192 g/mol. The molecular weight excluding hydrogens is 176 g/mol. The van der Waals surface area contributed by atoms with Crippen molar-refractivity contribution in [3.05, 3.63) is 5.82 Å². The normalized spacial score (nSPS) is 39.4. The second-order valence-corrected chi connectivity index (χ2v) is 5.43. The van der Waals surface area contributed by atoms with E-state index in [0.29, 0.717) is 10.8 Å². The Bertz CT molecular complexity index is 359. The van der Waals surface area contributed by atoms with Crippen molar-refractivity contribution in [2.75, 3.05) is 0 Å². The van der Waals surface area contributed by atoms with E-state index in [4.69, 9.17) is 0 Å². The molecule has 1 aromatic heterocycles. The Labute approximate surface area is 83.7 Å². The van der Waals surface area contributed by atoms with Crippen LogP contribution in [0.4, 0.5) is 0 Å². The van der Waals surface area contributed by atoms with Crippen LogP contribution in [0.3, 0.4) is 0 Å². The van der Waals surface area contributed by atoms with Crippen LogP contribution in [0.25, 0.3) is 0 Å².